The molecule has 0 saturated carbocycles. The molecule has 0 spiro atoms. The average molecular weight is 291 g/mol. The van der Waals surface area contributed by atoms with E-state index in [4.69, 9.17) is 4.74 Å². The molecule has 0 unspecified atom stereocenters. The molecule has 0 saturated heterocycles. The molecule has 0 amide bonds. The Bertz CT molecular complexity index is 407. The number of benzene rings is 1. The van der Waals surface area contributed by atoms with Gasteiger partial charge in [0.25, 0.3) is 0 Å². The first-order valence-corrected chi connectivity index (χ1v) is 8.46. The Hall–Kier alpha value is -1.02. The minimum atomic E-state index is 0.128. The molecule has 0 aliphatic carbocycles. The van der Waals surface area contributed by atoms with Crippen molar-refractivity contribution in [3.05, 3.63) is 29.3 Å². The van der Waals surface area contributed by atoms with Crippen molar-refractivity contribution in [2.45, 2.75) is 65.7 Å². The first kappa shape index (κ1) is 18.0. The van der Waals surface area contributed by atoms with Crippen LogP contribution in [0.4, 0.5) is 0 Å². The number of ether oxygens (including phenoxy) is 1. The van der Waals surface area contributed by atoms with E-state index in [1.54, 1.807) is 0 Å². The summed E-state index contributed by atoms with van der Waals surface area (Å²) >= 11 is 0. The predicted octanol–water partition coefficient (Wildman–Crippen LogP) is 4.71. The third kappa shape index (κ3) is 6.52. The zero-order valence-corrected chi connectivity index (χ0v) is 14.6. The average Bonchev–Trinajstić information content (AvgIpc) is 2.45. The smallest absolute Gasteiger partial charge is 0.123 e. The topological polar surface area (TPSA) is 21.3 Å². The molecule has 21 heavy (non-hydrogen) atoms. The lowest BCUT2D eigenvalue weighted by Crippen LogP contribution is -2.17. The quantitative estimate of drug-likeness (QED) is 0.666. The van der Waals surface area contributed by atoms with Crippen molar-refractivity contribution < 1.29 is 4.74 Å². The van der Waals surface area contributed by atoms with E-state index in [0.717, 1.165) is 38.3 Å². The first-order chi connectivity index (χ1) is 9.99. The number of aryl methyl sites for hydroxylation is 1. The van der Waals surface area contributed by atoms with E-state index < -0.39 is 0 Å². The lowest BCUT2D eigenvalue weighted by Gasteiger charge is -2.23. The lowest BCUT2D eigenvalue weighted by atomic mass is 9.85. The van der Waals surface area contributed by atoms with Crippen LogP contribution in [-0.4, -0.2) is 19.7 Å². The maximum absolute atomic E-state index is 6.04. The monoisotopic (exact) mass is 291 g/mol. The van der Waals surface area contributed by atoms with Crippen LogP contribution in [0.2, 0.25) is 0 Å². The van der Waals surface area contributed by atoms with E-state index in [1.165, 1.54) is 24.0 Å². The van der Waals surface area contributed by atoms with Crippen molar-refractivity contribution in [2.24, 2.45) is 0 Å². The summed E-state index contributed by atoms with van der Waals surface area (Å²) in [5.74, 6) is 1.06. The molecule has 0 aromatic heterocycles. The Morgan fingerprint density at radius 3 is 2.43 bits per heavy atom. The van der Waals surface area contributed by atoms with Gasteiger partial charge in [0.2, 0.25) is 0 Å². The minimum absolute atomic E-state index is 0.128. The Labute approximate surface area is 131 Å². The molecule has 1 rings (SSSR count). The molecule has 2 nitrogen and oxygen atoms in total. The third-order valence-corrected chi connectivity index (χ3v) is 3.69. The summed E-state index contributed by atoms with van der Waals surface area (Å²) < 4.78 is 6.04. The molecule has 0 fully saturated rings. The van der Waals surface area contributed by atoms with E-state index in [9.17, 15) is 0 Å². The van der Waals surface area contributed by atoms with Gasteiger partial charge in [-0.25, -0.2) is 0 Å². The van der Waals surface area contributed by atoms with Crippen molar-refractivity contribution in [1.82, 2.24) is 5.32 Å². The Morgan fingerprint density at radius 2 is 1.81 bits per heavy atom. The van der Waals surface area contributed by atoms with Crippen LogP contribution in [0.15, 0.2) is 18.2 Å². The molecular weight excluding hydrogens is 258 g/mol. The van der Waals surface area contributed by atoms with Gasteiger partial charge in [0.15, 0.2) is 0 Å². The molecule has 0 atom stereocenters. The SMILES string of the molecule is CCCNCCCCOc1ccc(CC)cc1C(C)(C)C. The minimum Gasteiger partial charge on any atom is -0.493 e. The molecule has 1 aromatic carbocycles. The van der Waals surface area contributed by atoms with Crippen LogP contribution in [-0.2, 0) is 11.8 Å². The van der Waals surface area contributed by atoms with E-state index in [1.807, 2.05) is 0 Å². The summed E-state index contributed by atoms with van der Waals surface area (Å²) in [6.45, 7) is 14.2. The van der Waals surface area contributed by atoms with Crippen LogP contribution < -0.4 is 10.1 Å². The number of hydrogen-bond donors (Lipinski definition) is 1. The summed E-state index contributed by atoms with van der Waals surface area (Å²) in [5, 5.41) is 3.43. The molecular formula is C19H33NO. The fraction of sp³-hybridized carbons (Fsp3) is 0.684. The van der Waals surface area contributed by atoms with E-state index in [-0.39, 0.29) is 5.41 Å². The fourth-order valence-corrected chi connectivity index (χ4v) is 2.34. The van der Waals surface area contributed by atoms with Crippen molar-refractivity contribution in [3.63, 3.8) is 0 Å². The fourth-order valence-electron chi connectivity index (χ4n) is 2.34. The van der Waals surface area contributed by atoms with Crippen molar-refractivity contribution >= 4 is 0 Å². The van der Waals surface area contributed by atoms with Gasteiger partial charge in [-0.15, -0.1) is 0 Å². The Morgan fingerprint density at radius 1 is 1.05 bits per heavy atom. The number of hydrogen-bond acceptors (Lipinski definition) is 2. The van der Waals surface area contributed by atoms with Gasteiger partial charge < -0.3 is 10.1 Å². The second-order valence-electron chi connectivity index (χ2n) is 6.74. The lowest BCUT2D eigenvalue weighted by molar-refractivity contribution is 0.298. The molecule has 0 aliphatic rings. The Balaban J connectivity index is 2.51. The summed E-state index contributed by atoms with van der Waals surface area (Å²) in [6, 6.07) is 6.64. The second-order valence-corrected chi connectivity index (χ2v) is 6.74. The Kier molecular flexibility index (Phi) is 7.81. The largest absolute Gasteiger partial charge is 0.493 e. The standard InChI is InChI=1S/C19H33NO/c1-6-12-20-13-8-9-14-21-18-11-10-16(7-2)15-17(18)19(3,4)5/h10-11,15,20H,6-9,12-14H2,1-5H3. The second kappa shape index (κ2) is 9.09. The normalized spacial score (nSPS) is 11.7. The van der Waals surface area contributed by atoms with E-state index in [2.05, 4.69) is 58.1 Å². The van der Waals surface area contributed by atoms with Gasteiger partial charge >= 0.3 is 0 Å². The van der Waals surface area contributed by atoms with E-state index in [0.29, 0.717) is 0 Å². The molecule has 120 valence electrons. The van der Waals surface area contributed by atoms with Gasteiger partial charge in [-0.2, -0.15) is 0 Å². The summed E-state index contributed by atoms with van der Waals surface area (Å²) in [6.07, 6.45) is 4.56. The highest BCUT2D eigenvalue weighted by atomic mass is 16.5. The van der Waals surface area contributed by atoms with Crippen LogP contribution in [0.3, 0.4) is 0 Å². The van der Waals surface area contributed by atoms with Crippen LogP contribution in [0, 0.1) is 0 Å². The molecule has 1 aromatic rings. The first-order valence-electron chi connectivity index (χ1n) is 8.46. The summed E-state index contributed by atoms with van der Waals surface area (Å²) in [7, 11) is 0. The highest BCUT2D eigenvalue weighted by Gasteiger charge is 2.19. The van der Waals surface area contributed by atoms with Crippen LogP contribution in [0.25, 0.3) is 0 Å². The van der Waals surface area contributed by atoms with Crippen molar-refractivity contribution in [2.75, 3.05) is 19.7 Å². The summed E-state index contributed by atoms with van der Waals surface area (Å²) in [5.41, 5.74) is 2.84. The van der Waals surface area contributed by atoms with E-state index >= 15 is 0 Å². The van der Waals surface area contributed by atoms with Crippen molar-refractivity contribution in [3.8, 4) is 5.75 Å². The number of unbranched alkanes of at least 4 members (excludes halogenated alkanes) is 1. The van der Waals surface area contributed by atoms with Gasteiger partial charge in [-0.3, -0.25) is 0 Å². The van der Waals surface area contributed by atoms with Crippen molar-refractivity contribution in [1.29, 1.82) is 0 Å². The van der Waals surface area contributed by atoms with Gasteiger partial charge in [0.05, 0.1) is 6.61 Å². The van der Waals surface area contributed by atoms with Gasteiger partial charge in [-0.1, -0.05) is 46.8 Å². The molecule has 0 bridgehead atoms. The van der Waals surface area contributed by atoms with Crippen LogP contribution in [0.5, 0.6) is 5.75 Å². The highest BCUT2D eigenvalue weighted by molar-refractivity contribution is 5.41. The molecule has 0 heterocycles. The van der Waals surface area contributed by atoms with Gasteiger partial charge in [0, 0.05) is 0 Å². The molecule has 0 radical (unpaired) electrons. The molecule has 0 aliphatic heterocycles. The summed E-state index contributed by atoms with van der Waals surface area (Å²) in [4.78, 5) is 0. The molecule has 2 heteroatoms. The maximum atomic E-state index is 6.04. The highest BCUT2D eigenvalue weighted by Crippen LogP contribution is 2.32. The third-order valence-electron chi connectivity index (χ3n) is 3.69. The van der Waals surface area contributed by atoms with Gasteiger partial charge in [0.1, 0.15) is 5.75 Å². The maximum Gasteiger partial charge on any atom is 0.123 e. The zero-order chi connectivity index (χ0) is 15.7. The number of nitrogens with one attached hydrogen (secondary N) is 1. The predicted molar refractivity (Wildman–Crippen MR) is 92.4 cm³/mol. The van der Waals surface area contributed by atoms with Gasteiger partial charge in [-0.05, 0) is 61.4 Å². The van der Waals surface area contributed by atoms with Crippen LogP contribution in [0.1, 0.15) is 65.0 Å². The van der Waals surface area contributed by atoms with Crippen LogP contribution >= 0.6 is 0 Å². The molecule has 1 N–H and O–H groups in total. The zero-order valence-electron chi connectivity index (χ0n) is 14.6. The number of rotatable bonds is 9.